The van der Waals surface area contributed by atoms with Crippen LogP contribution in [0.25, 0.3) is 12.2 Å². The molecule has 2 saturated heterocycles. The van der Waals surface area contributed by atoms with Crippen molar-refractivity contribution in [3.8, 4) is 12.1 Å². The van der Waals surface area contributed by atoms with Gasteiger partial charge in [0, 0.05) is 57.7 Å². The molecule has 0 bridgehead atoms. The van der Waals surface area contributed by atoms with Crippen LogP contribution in [-0.4, -0.2) is 114 Å². The van der Waals surface area contributed by atoms with E-state index in [0.29, 0.717) is 12.1 Å². The fourth-order valence-electron chi connectivity index (χ4n) is 10.1. The molecule has 3 aliphatic rings. The Morgan fingerprint density at radius 3 is 1.44 bits per heavy atom. The molecule has 0 amide bonds. The molecule has 2 aromatic heterocycles. The van der Waals surface area contributed by atoms with Gasteiger partial charge in [-0.05, 0) is 81.0 Å². The Balaban J connectivity index is 1.01. The fourth-order valence-corrected chi connectivity index (χ4v) is 12.8. The summed E-state index contributed by atoms with van der Waals surface area (Å²) in [5.41, 5.74) is -6.68. The first-order valence-electron chi connectivity index (χ1n) is 27.4. The summed E-state index contributed by atoms with van der Waals surface area (Å²) in [6.07, 6.45) is 15.3. The summed E-state index contributed by atoms with van der Waals surface area (Å²) in [6, 6.07) is 17.2. The van der Waals surface area contributed by atoms with Crippen molar-refractivity contribution in [2.75, 3.05) is 33.0 Å². The lowest BCUT2D eigenvalue weighted by molar-refractivity contribution is -0.188. The maximum absolute atomic E-state index is 16.8. The fraction of sp³-hybridized carbons (Fsp3) is 0.339. The molecule has 0 spiro atoms. The zero-order chi connectivity index (χ0) is 62.6. The van der Waals surface area contributed by atoms with Gasteiger partial charge in [0.05, 0.1) is 79.9 Å². The Morgan fingerprint density at radius 1 is 0.648 bits per heavy atom. The number of thioether (sulfide) groups is 2. The molecule has 6 aromatic rings. The van der Waals surface area contributed by atoms with E-state index in [2.05, 4.69) is 20.2 Å². The molecule has 26 heteroatoms. The Labute approximate surface area is 509 Å². The van der Waals surface area contributed by atoms with Crippen LogP contribution in [0.5, 0.6) is 0 Å². The number of hydrogen-bond acceptors (Lipinski definition) is 18. The number of esters is 3. The summed E-state index contributed by atoms with van der Waals surface area (Å²) >= 11 is 2.30. The van der Waals surface area contributed by atoms with Gasteiger partial charge in [0.25, 0.3) is 0 Å². The number of nitriles is 2. The average Bonchev–Trinajstić information content (AvgIpc) is 1.55. The minimum atomic E-state index is -2.40. The third-order valence-electron chi connectivity index (χ3n) is 14.8. The van der Waals surface area contributed by atoms with E-state index >= 15 is 18.4 Å². The highest BCUT2D eigenvalue weighted by Gasteiger charge is 2.71. The zero-order valence-corrected chi connectivity index (χ0v) is 48.9. The van der Waals surface area contributed by atoms with Gasteiger partial charge in [-0.1, -0.05) is 48.6 Å². The Morgan fingerprint density at radius 2 is 1.08 bits per heavy atom. The van der Waals surface area contributed by atoms with Gasteiger partial charge in [-0.25, -0.2) is 45.7 Å². The lowest BCUT2D eigenvalue weighted by atomic mass is 9.88. The van der Waals surface area contributed by atoms with Gasteiger partial charge in [-0.2, -0.15) is 20.7 Å². The highest BCUT2D eigenvalue weighted by molar-refractivity contribution is 8.00. The number of halogens is 6. The maximum atomic E-state index is 16.8. The van der Waals surface area contributed by atoms with Crippen LogP contribution in [0.4, 0.5) is 26.3 Å². The molecule has 18 nitrogen and oxygen atoms in total. The summed E-state index contributed by atoms with van der Waals surface area (Å²) < 4.78 is 138. The Kier molecular flexibility index (Phi) is 20.9. The number of benzene rings is 4. The number of hydrogen-bond donors (Lipinski definition) is 0. The van der Waals surface area contributed by atoms with E-state index < -0.39 is 129 Å². The van der Waals surface area contributed by atoms with Crippen LogP contribution in [0.2, 0.25) is 0 Å². The predicted octanol–water partition coefficient (Wildman–Crippen LogP) is 9.86. The van der Waals surface area contributed by atoms with Gasteiger partial charge in [-0.3, -0.25) is 14.4 Å². The van der Waals surface area contributed by atoms with E-state index in [0.717, 1.165) is 66.8 Å². The second kappa shape index (κ2) is 28.6. The lowest BCUT2D eigenvalue weighted by Crippen LogP contribution is -2.52. The van der Waals surface area contributed by atoms with Gasteiger partial charge < -0.3 is 33.2 Å². The Hall–Kier alpha value is -8.37. The van der Waals surface area contributed by atoms with E-state index in [1.807, 2.05) is 12.1 Å². The molecular weight excluding hydrogens is 1190 g/mol. The van der Waals surface area contributed by atoms with E-state index in [9.17, 15) is 22.4 Å². The molecule has 3 fully saturated rings. The van der Waals surface area contributed by atoms with Crippen LogP contribution in [0.15, 0.2) is 135 Å². The van der Waals surface area contributed by atoms with Crippen molar-refractivity contribution in [3.63, 3.8) is 0 Å². The minimum absolute atomic E-state index is 0.0293. The number of allylic oxidation sites excluding steroid dienone is 4. The van der Waals surface area contributed by atoms with Crippen molar-refractivity contribution in [2.45, 2.75) is 85.1 Å². The third kappa shape index (κ3) is 15.1. The summed E-state index contributed by atoms with van der Waals surface area (Å²) in [5, 5.41) is 23.5. The number of nitrogens with zero attached hydrogens (tertiary/aromatic N) is 8. The van der Waals surface area contributed by atoms with Crippen molar-refractivity contribution in [1.29, 1.82) is 10.5 Å². The van der Waals surface area contributed by atoms with Crippen molar-refractivity contribution in [1.82, 2.24) is 29.5 Å². The Bertz CT molecular complexity index is 3460. The maximum Gasteiger partial charge on any atom is 0.324 e. The first kappa shape index (κ1) is 64.1. The number of ether oxygens (including phenoxy) is 7. The van der Waals surface area contributed by atoms with Gasteiger partial charge in [0.2, 0.25) is 0 Å². The summed E-state index contributed by atoms with van der Waals surface area (Å²) in [5.74, 6) is -9.93. The second-order valence-electron chi connectivity index (χ2n) is 20.7. The third-order valence-corrected chi connectivity index (χ3v) is 17.7. The van der Waals surface area contributed by atoms with Crippen LogP contribution in [0, 0.1) is 68.9 Å². The van der Waals surface area contributed by atoms with Crippen LogP contribution < -0.4 is 0 Å². The van der Waals surface area contributed by atoms with Gasteiger partial charge in [0.1, 0.15) is 60.2 Å². The molecule has 1 unspecified atom stereocenters. The summed E-state index contributed by atoms with van der Waals surface area (Å²) in [6.45, 7) is 2.96. The van der Waals surface area contributed by atoms with Crippen LogP contribution in [0.3, 0.4) is 0 Å². The SMILES string of the molecule is CC(=O)OCC1CC1(C(=O)O[C@@](Cn1cncn1)(c1ccc(F)cc1F)[C@@H](C)SC1COC(/C=C/C=C/c2ccc(C#N)cc2F)OC1)C(=O)O[C@@](Cn1cncn1)(c1ccc(F)cc1F)[C@@H](C)SC1COC(/C=C/C=C/c2ccc(C#N)cc2F)OC1. The predicted molar refractivity (Wildman–Crippen MR) is 307 cm³/mol. The minimum Gasteiger partial charge on any atom is -0.466 e. The highest BCUT2D eigenvalue weighted by atomic mass is 32.2. The normalized spacial score (nSPS) is 22.4. The molecule has 9 rings (SSSR count). The van der Waals surface area contributed by atoms with Crippen LogP contribution in [0.1, 0.15) is 60.6 Å². The van der Waals surface area contributed by atoms with Crippen molar-refractivity contribution < 1.29 is 73.9 Å². The van der Waals surface area contributed by atoms with E-state index in [4.69, 9.17) is 43.7 Å². The average molecular weight is 1250 g/mol. The quantitative estimate of drug-likeness (QED) is 0.0181. The largest absolute Gasteiger partial charge is 0.466 e. The molecule has 0 radical (unpaired) electrons. The number of rotatable bonds is 24. The smallest absolute Gasteiger partial charge is 0.324 e. The van der Waals surface area contributed by atoms with Crippen molar-refractivity contribution in [2.24, 2.45) is 11.3 Å². The summed E-state index contributed by atoms with van der Waals surface area (Å²) in [4.78, 5) is 52.0. The standard InChI is InChI=1S/C62H56F6N8O10S2/c1-38(87-48-28-81-56(82-29-48)10-6-4-8-43-14-12-41(25-69)20-52(43)65)61(32-75-36-71-34-73-75,50-18-16-46(63)22-54(50)67)85-58(78)60(24-45(60)27-80-40(3)77)59(79)86-62(33-76-37-72-35-74-76,51-19-17-47(64)23-55(51)68)39(2)88-49-30-83-57(84-31-49)11-7-5-9-44-15-13-42(26-70)21-53(44)66/h4-23,34-39,45,48-49,56-57H,24,27-33H2,1-3H3/b8-4+,9-5+,10-6+,11-7+/t38-,39-,45?,48?,49?,56?,57?,60?,61-,62-/m1/s1. The number of carbonyl (C=O) groups excluding carboxylic acids is 3. The van der Waals surface area contributed by atoms with E-state index in [-0.39, 0.29) is 66.2 Å². The molecule has 88 heavy (non-hydrogen) atoms. The molecule has 1 aliphatic carbocycles. The second-order valence-corrected chi connectivity index (χ2v) is 24.0. The van der Waals surface area contributed by atoms with Crippen LogP contribution >= 0.6 is 23.5 Å². The summed E-state index contributed by atoms with van der Waals surface area (Å²) in [7, 11) is 0. The monoisotopic (exact) mass is 1250 g/mol. The molecule has 2 aliphatic heterocycles. The zero-order valence-electron chi connectivity index (χ0n) is 47.3. The van der Waals surface area contributed by atoms with Gasteiger partial charge in [-0.15, -0.1) is 23.5 Å². The van der Waals surface area contributed by atoms with E-state index in [1.54, 1.807) is 50.3 Å². The molecule has 0 N–H and O–H groups in total. The van der Waals surface area contributed by atoms with Gasteiger partial charge >= 0.3 is 17.9 Å². The van der Waals surface area contributed by atoms with Crippen LogP contribution in [-0.2, 0) is 71.8 Å². The molecule has 4 aromatic carbocycles. The number of aromatic nitrogens is 6. The first-order valence-corrected chi connectivity index (χ1v) is 29.3. The van der Waals surface area contributed by atoms with Crippen molar-refractivity contribution >= 4 is 53.6 Å². The highest BCUT2D eigenvalue weighted by Crippen LogP contribution is 2.58. The first-order chi connectivity index (χ1) is 42.3. The lowest BCUT2D eigenvalue weighted by Gasteiger charge is -2.42. The molecule has 5 atom stereocenters. The van der Waals surface area contributed by atoms with Gasteiger partial charge in [0.15, 0.2) is 29.2 Å². The molecular formula is C62H56F6N8O10S2. The molecule has 458 valence electrons. The molecule has 1 saturated carbocycles. The topological polar surface area (TPSA) is 225 Å². The van der Waals surface area contributed by atoms with Crippen molar-refractivity contribution in [3.05, 3.63) is 203 Å². The van der Waals surface area contributed by atoms with E-state index in [1.165, 1.54) is 71.1 Å². The molecule has 4 heterocycles. The number of carbonyl (C=O) groups is 3.